The Labute approximate surface area is 114 Å². The number of halogens is 3. The van der Waals surface area contributed by atoms with Crippen LogP contribution in [0, 0.1) is 11.6 Å². The van der Waals surface area contributed by atoms with Crippen LogP contribution in [0.3, 0.4) is 0 Å². The van der Waals surface area contributed by atoms with Crippen LogP contribution in [0.2, 0.25) is 5.02 Å². The Balaban J connectivity index is 2.26. The van der Waals surface area contributed by atoms with Crippen molar-refractivity contribution in [3.63, 3.8) is 0 Å². The van der Waals surface area contributed by atoms with E-state index in [1.807, 2.05) is 0 Å². The maximum atomic E-state index is 13.7. The first-order valence-electron chi connectivity index (χ1n) is 5.68. The lowest BCUT2D eigenvalue weighted by molar-refractivity contribution is 0.204. The van der Waals surface area contributed by atoms with E-state index in [-0.39, 0.29) is 17.3 Å². The number of rotatable bonds is 4. The zero-order valence-corrected chi connectivity index (χ0v) is 10.7. The first-order valence-corrected chi connectivity index (χ1v) is 6.06. The molecule has 100 valence electrons. The molecule has 0 spiro atoms. The van der Waals surface area contributed by atoms with E-state index in [1.54, 1.807) is 18.2 Å². The van der Waals surface area contributed by atoms with Crippen molar-refractivity contribution in [3.05, 3.63) is 64.7 Å². The molecule has 1 unspecified atom stereocenters. The molecule has 0 fully saturated rings. The minimum absolute atomic E-state index is 0.00721. The highest BCUT2D eigenvalue weighted by Crippen LogP contribution is 2.28. The van der Waals surface area contributed by atoms with Crippen molar-refractivity contribution < 1.29 is 13.5 Å². The summed E-state index contributed by atoms with van der Waals surface area (Å²) in [6, 6.07) is 10.3. The molecule has 0 aliphatic heterocycles. The number of nitrogens with two attached hydrogens (primary N) is 1. The Morgan fingerprint density at radius 1 is 1.16 bits per heavy atom. The van der Waals surface area contributed by atoms with Gasteiger partial charge in [0.1, 0.15) is 11.9 Å². The standard InChI is InChI=1S/C14H12ClF2NO/c15-11-5-2-6-12(14(11)17)19-13(8-18)9-3-1-4-10(16)7-9/h1-7,13H,8,18H2. The van der Waals surface area contributed by atoms with Crippen molar-refractivity contribution in [1.82, 2.24) is 0 Å². The fraction of sp³-hybridized carbons (Fsp3) is 0.143. The van der Waals surface area contributed by atoms with Gasteiger partial charge in [-0.15, -0.1) is 0 Å². The van der Waals surface area contributed by atoms with Gasteiger partial charge in [0.25, 0.3) is 0 Å². The normalized spacial score (nSPS) is 12.2. The predicted octanol–water partition coefficient (Wildman–Crippen LogP) is 3.70. The number of hydrogen-bond donors (Lipinski definition) is 1. The van der Waals surface area contributed by atoms with Crippen LogP contribution in [0.1, 0.15) is 11.7 Å². The van der Waals surface area contributed by atoms with Crippen LogP contribution < -0.4 is 10.5 Å². The molecule has 0 radical (unpaired) electrons. The minimum Gasteiger partial charge on any atom is -0.481 e. The van der Waals surface area contributed by atoms with Crippen molar-refractivity contribution in [1.29, 1.82) is 0 Å². The number of benzene rings is 2. The smallest absolute Gasteiger partial charge is 0.183 e. The minimum atomic E-state index is -0.654. The Morgan fingerprint density at radius 2 is 1.89 bits per heavy atom. The lowest BCUT2D eigenvalue weighted by atomic mass is 10.1. The molecular weight excluding hydrogens is 272 g/mol. The van der Waals surface area contributed by atoms with Gasteiger partial charge >= 0.3 is 0 Å². The summed E-state index contributed by atoms with van der Waals surface area (Å²) in [5, 5.41) is -0.0347. The third-order valence-corrected chi connectivity index (χ3v) is 2.91. The molecule has 5 heteroatoms. The Kier molecular flexibility index (Phi) is 4.35. The number of ether oxygens (including phenoxy) is 1. The van der Waals surface area contributed by atoms with Crippen LogP contribution in [0.15, 0.2) is 42.5 Å². The molecule has 2 aromatic rings. The van der Waals surface area contributed by atoms with Crippen molar-refractivity contribution >= 4 is 11.6 Å². The van der Waals surface area contributed by atoms with Crippen LogP contribution >= 0.6 is 11.6 Å². The molecule has 19 heavy (non-hydrogen) atoms. The fourth-order valence-electron chi connectivity index (χ4n) is 1.69. The molecule has 0 aromatic heterocycles. The summed E-state index contributed by atoms with van der Waals surface area (Å²) < 4.78 is 32.3. The van der Waals surface area contributed by atoms with Gasteiger partial charge in [-0.1, -0.05) is 29.8 Å². The van der Waals surface area contributed by atoms with Crippen molar-refractivity contribution in [2.75, 3.05) is 6.54 Å². The molecule has 0 heterocycles. The van der Waals surface area contributed by atoms with Gasteiger partial charge in [0.2, 0.25) is 0 Å². The topological polar surface area (TPSA) is 35.2 Å². The second kappa shape index (κ2) is 5.99. The van der Waals surface area contributed by atoms with Gasteiger partial charge in [-0.2, -0.15) is 0 Å². The average Bonchev–Trinajstić information content (AvgIpc) is 2.40. The van der Waals surface area contributed by atoms with E-state index in [4.69, 9.17) is 22.1 Å². The molecule has 2 N–H and O–H groups in total. The highest BCUT2D eigenvalue weighted by atomic mass is 35.5. The van der Waals surface area contributed by atoms with Crippen LogP contribution in [0.5, 0.6) is 5.75 Å². The van der Waals surface area contributed by atoms with Crippen LogP contribution in [0.4, 0.5) is 8.78 Å². The summed E-state index contributed by atoms with van der Waals surface area (Å²) in [5.74, 6) is -1.06. The molecule has 0 saturated carbocycles. The van der Waals surface area contributed by atoms with E-state index in [0.717, 1.165) is 0 Å². The first-order chi connectivity index (χ1) is 9.11. The first kappa shape index (κ1) is 13.8. The van der Waals surface area contributed by atoms with E-state index in [1.165, 1.54) is 24.3 Å². The lowest BCUT2D eigenvalue weighted by Gasteiger charge is -2.18. The molecule has 0 amide bonds. The second-order valence-corrected chi connectivity index (χ2v) is 4.36. The molecule has 0 saturated heterocycles. The van der Waals surface area contributed by atoms with Crippen LogP contribution in [-0.2, 0) is 0 Å². The quantitative estimate of drug-likeness (QED) is 0.929. The van der Waals surface area contributed by atoms with E-state index in [0.29, 0.717) is 5.56 Å². The van der Waals surface area contributed by atoms with Gasteiger partial charge in [-0.3, -0.25) is 0 Å². The van der Waals surface area contributed by atoms with Crippen molar-refractivity contribution in [3.8, 4) is 5.75 Å². The van der Waals surface area contributed by atoms with Crippen LogP contribution in [-0.4, -0.2) is 6.54 Å². The van der Waals surface area contributed by atoms with E-state index in [9.17, 15) is 8.78 Å². The zero-order valence-electron chi connectivity index (χ0n) is 9.95. The third kappa shape index (κ3) is 3.22. The summed E-state index contributed by atoms with van der Waals surface area (Å²) >= 11 is 5.67. The van der Waals surface area contributed by atoms with Gasteiger partial charge in [-0.25, -0.2) is 8.78 Å². The summed E-state index contributed by atoms with van der Waals surface area (Å²) in [5.41, 5.74) is 6.13. The Bertz CT molecular complexity index is 577. The largest absolute Gasteiger partial charge is 0.481 e. The highest BCUT2D eigenvalue weighted by molar-refractivity contribution is 6.30. The molecule has 2 aromatic carbocycles. The van der Waals surface area contributed by atoms with E-state index >= 15 is 0 Å². The lowest BCUT2D eigenvalue weighted by Crippen LogP contribution is -2.19. The monoisotopic (exact) mass is 283 g/mol. The highest BCUT2D eigenvalue weighted by Gasteiger charge is 2.15. The Hall–Kier alpha value is -1.65. The second-order valence-electron chi connectivity index (χ2n) is 3.95. The van der Waals surface area contributed by atoms with Gasteiger partial charge < -0.3 is 10.5 Å². The molecule has 2 nitrogen and oxygen atoms in total. The fourth-order valence-corrected chi connectivity index (χ4v) is 1.85. The summed E-state index contributed by atoms with van der Waals surface area (Å²) in [6.45, 7) is 0.0927. The van der Waals surface area contributed by atoms with E-state index < -0.39 is 17.7 Å². The van der Waals surface area contributed by atoms with Crippen molar-refractivity contribution in [2.24, 2.45) is 5.73 Å². The summed E-state index contributed by atoms with van der Waals surface area (Å²) in [4.78, 5) is 0. The summed E-state index contributed by atoms with van der Waals surface area (Å²) in [7, 11) is 0. The van der Waals surface area contributed by atoms with Gasteiger partial charge in [-0.05, 0) is 29.8 Å². The number of hydrogen-bond acceptors (Lipinski definition) is 2. The maximum Gasteiger partial charge on any atom is 0.183 e. The van der Waals surface area contributed by atoms with Gasteiger partial charge in [0.05, 0.1) is 5.02 Å². The Morgan fingerprint density at radius 3 is 2.58 bits per heavy atom. The molecule has 0 aliphatic carbocycles. The molecule has 1 atom stereocenters. The van der Waals surface area contributed by atoms with E-state index in [2.05, 4.69) is 0 Å². The predicted molar refractivity (Wildman–Crippen MR) is 70.2 cm³/mol. The molecule has 0 bridgehead atoms. The molecule has 2 rings (SSSR count). The van der Waals surface area contributed by atoms with Crippen molar-refractivity contribution in [2.45, 2.75) is 6.10 Å². The van der Waals surface area contributed by atoms with Crippen LogP contribution in [0.25, 0.3) is 0 Å². The summed E-state index contributed by atoms with van der Waals surface area (Å²) in [6.07, 6.45) is -0.635. The average molecular weight is 284 g/mol. The van der Waals surface area contributed by atoms with Gasteiger partial charge in [0, 0.05) is 6.54 Å². The SMILES string of the molecule is NCC(Oc1cccc(Cl)c1F)c1cccc(F)c1. The zero-order chi connectivity index (χ0) is 13.8. The molecular formula is C14H12ClF2NO. The third-order valence-electron chi connectivity index (χ3n) is 2.62. The maximum absolute atomic E-state index is 13.7. The molecule has 0 aliphatic rings. The van der Waals surface area contributed by atoms with Gasteiger partial charge in [0.15, 0.2) is 11.6 Å².